The van der Waals surface area contributed by atoms with Gasteiger partial charge in [-0.05, 0) is 92.5 Å². The predicted octanol–water partition coefficient (Wildman–Crippen LogP) is 5.95. The van der Waals surface area contributed by atoms with E-state index >= 15 is 0 Å². The van der Waals surface area contributed by atoms with Crippen molar-refractivity contribution >= 4 is 17.5 Å². The number of aromatic nitrogens is 5. The third-order valence-corrected chi connectivity index (χ3v) is 9.68. The number of aryl methyl sites for hydroxylation is 1. The minimum Gasteiger partial charge on any atom is -0.495 e. The lowest BCUT2D eigenvalue weighted by molar-refractivity contribution is -0.145. The van der Waals surface area contributed by atoms with E-state index in [9.17, 15) is 4.79 Å². The van der Waals surface area contributed by atoms with Crippen LogP contribution in [0.1, 0.15) is 43.4 Å². The molecule has 41 heavy (non-hydrogen) atoms. The summed E-state index contributed by atoms with van der Waals surface area (Å²) in [6, 6.07) is 14.1. The van der Waals surface area contributed by atoms with Gasteiger partial charge in [0, 0.05) is 29.4 Å². The molecule has 4 saturated carbocycles. The van der Waals surface area contributed by atoms with Gasteiger partial charge in [-0.1, -0.05) is 35.0 Å². The van der Waals surface area contributed by atoms with E-state index in [0.29, 0.717) is 34.8 Å². The Morgan fingerprint density at radius 1 is 1.02 bits per heavy atom. The van der Waals surface area contributed by atoms with Crippen molar-refractivity contribution < 1.29 is 9.53 Å². The number of amides is 1. The SMILES string of the molecule is COc1cc(-c2cn(CC(=O)N(Cc3ccc(Cl)cc3)C3C4CC5CC(C4)CC3C5)nn2)ccc1-n1cnc(C)c1. The quantitative estimate of drug-likeness (QED) is 0.261. The molecule has 0 saturated heterocycles. The van der Waals surface area contributed by atoms with Crippen molar-refractivity contribution in [3.63, 3.8) is 0 Å². The second kappa shape index (κ2) is 10.6. The molecule has 212 valence electrons. The van der Waals surface area contributed by atoms with Crippen LogP contribution < -0.4 is 4.74 Å². The Morgan fingerprint density at radius 2 is 1.76 bits per heavy atom. The van der Waals surface area contributed by atoms with E-state index in [1.54, 1.807) is 18.1 Å². The fraction of sp³-hybridized carbons (Fsp3) is 0.438. The molecule has 4 aliphatic carbocycles. The second-order valence-corrected chi connectivity index (χ2v) is 12.6. The first kappa shape index (κ1) is 26.3. The van der Waals surface area contributed by atoms with Crippen LogP contribution in [0.4, 0.5) is 0 Å². The van der Waals surface area contributed by atoms with Crippen LogP contribution in [0.2, 0.25) is 5.02 Å². The van der Waals surface area contributed by atoms with Gasteiger partial charge in [0.1, 0.15) is 18.0 Å². The summed E-state index contributed by atoms with van der Waals surface area (Å²) >= 11 is 6.17. The van der Waals surface area contributed by atoms with Gasteiger partial charge < -0.3 is 14.2 Å². The zero-order chi connectivity index (χ0) is 28.1. The molecule has 8 nitrogen and oxygen atoms in total. The highest BCUT2D eigenvalue weighted by molar-refractivity contribution is 6.30. The molecular weight excluding hydrogens is 536 g/mol. The van der Waals surface area contributed by atoms with Crippen molar-refractivity contribution in [1.29, 1.82) is 0 Å². The lowest BCUT2D eigenvalue weighted by atomic mass is 9.54. The van der Waals surface area contributed by atoms with Gasteiger partial charge in [0.15, 0.2) is 0 Å². The first-order valence-electron chi connectivity index (χ1n) is 14.6. The molecule has 0 spiro atoms. The molecule has 0 unspecified atom stereocenters. The molecule has 4 aromatic rings. The maximum absolute atomic E-state index is 14.0. The zero-order valence-electron chi connectivity index (χ0n) is 23.5. The highest BCUT2D eigenvalue weighted by atomic mass is 35.5. The third kappa shape index (κ3) is 5.14. The lowest BCUT2D eigenvalue weighted by Gasteiger charge is -2.57. The summed E-state index contributed by atoms with van der Waals surface area (Å²) in [6.07, 6.45) is 12.0. The summed E-state index contributed by atoms with van der Waals surface area (Å²) in [6.45, 7) is 2.71. The maximum atomic E-state index is 14.0. The van der Waals surface area contributed by atoms with Gasteiger partial charge in [-0.15, -0.1) is 5.10 Å². The molecule has 0 radical (unpaired) electrons. The van der Waals surface area contributed by atoms with Gasteiger partial charge in [0.25, 0.3) is 0 Å². The summed E-state index contributed by atoms with van der Waals surface area (Å²) in [7, 11) is 1.65. The Hall–Kier alpha value is -3.65. The summed E-state index contributed by atoms with van der Waals surface area (Å²) < 4.78 is 9.29. The number of halogens is 1. The van der Waals surface area contributed by atoms with Crippen LogP contribution >= 0.6 is 11.6 Å². The number of methoxy groups -OCH3 is 1. The first-order valence-corrected chi connectivity index (χ1v) is 14.9. The van der Waals surface area contributed by atoms with Crippen LogP contribution in [0.5, 0.6) is 5.75 Å². The van der Waals surface area contributed by atoms with Gasteiger partial charge in [0.05, 0.1) is 31.0 Å². The normalized spacial score (nSPS) is 24.5. The van der Waals surface area contributed by atoms with Gasteiger partial charge in [-0.25, -0.2) is 9.67 Å². The molecule has 2 aromatic heterocycles. The number of benzene rings is 2. The average Bonchev–Trinajstić information content (AvgIpc) is 3.61. The second-order valence-electron chi connectivity index (χ2n) is 12.2. The molecule has 4 bridgehead atoms. The largest absolute Gasteiger partial charge is 0.495 e. The average molecular weight is 571 g/mol. The van der Waals surface area contributed by atoms with E-state index in [4.69, 9.17) is 16.3 Å². The van der Waals surface area contributed by atoms with E-state index in [0.717, 1.165) is 34.3 Å². The Kier molecular flexibility index (Phi) is 6.81. The summed E-state index contributed by atoms with van der Waals surface area (Å²) in [5, 5.41) is 9.48. The van der Waals surface area contributed by atoms with Crippen molar-refractivity contribution in [3.8, 4) is 22.7 Å². The van der Waals surface area contributed by atoms with Crippen LogP contribution in [-0.4, -0.2) is 48.5 Å². The molecule has 4 aliphatic rings. The molecule has 0 atom stereocenters. The van der Waals surface area contributed by atoms with Crippen LogP contribution in [0.15, 0.2) is 61.2 Å². The Balaban J connectivity index is 1.13. The molecule has 8 rings (SSSR count). The highest BCUT2D eigenvalue weighted by Gasteiger charge is 2.51. The Bertz CT molecular complexity index is 1530. The Morgan fingerprint density at radius 3 is 2.41 bits per heavy atom. The first-order chi connectivity index (χ1) is 19.9. The fourth-order valence-corrected chi connectivity index (χ4v) is 8.02. The summed E-state index contributed by atoms with van der Waals surface area (Å²) in [4.78, 5) is 20.5. The third-order valence-electron chi connectivity index (χ3n) is 9.42. The zero-order valence-corrected chi connectivity index (χ0v) is 24.2. The number of nitrogens with zero attached hydrogens (tertiary/aromatic N) is 6. The van der Waals surface area contributed by atoms with Crippen molar-refractivity contribution in [2.45, 2.75) is 58.2 Å². The van der Waals surface area contributed by atoms with Crippen LogP contribution in [0.3, 0.4) is 0 Å². The molecule has 4 fully saturated rings. The highest BCUT2D eigenvalue weighted by Crippen LogP contribution is 2.55. The predicted molar refractivity (Wildman–Crippen MR) is 157 cm³/mol. The molecule has 1 amide bonds. The van der Waals surface area contributed by atoms with Gasteiger partial charge >= 0.3 is 0 Å². The van der Waals surface area contributed by atoms with Crippen molar-refractivity contribution in [1.82, 2.24) is 29.4 Å². The number of carbonyl (C=O) groups is 1. The number of ether oxygens (including phenoxy) is 1. The number of carbonyl (C=O) groups excluding carboxylic acids is 1. The molecule has 0 N–H and O–H groups in total. The number of imidazole rings is 1. The van der Waals surface area contributed by atoms with Gasteiger partial charge in [-0.3, -0.25) is 4.79 Å². The van der Waals surface area contributed by atoms with E-state index < -0.39 is 0 Å². The minimum atomic E-state index is 0.0947. The smallest absolute Gasteiger partial charge is 0.244 e. The summed E-state index contributed by atoms with van der Waals surface area (Å²) in [5.74, 6) is 3.69. The molecule has 9 heteroatoms. The van der Waals surface area contributed by atoms with Crippen molar-refractivity contribution in [2.24, 2.45) is 23.7 Å². The van der Waals surface area contributed by atoms with Gasteiger partial charge in [-0.2, -0.15) is 0 Å². The van der Waals surface area contributed by atoms with E-state index in [1.165, 1.54) is 32.1 Å². The molecule has 2 heterocycles. The van der Waals surface area contributed by atoms with E-state index in [1.807, 2.05) is 66.3 Å². The topological polar surface area (TPSA) is 78.1 Å². The van der Waals surface area contributed by atoms with Crippen molar-refractivity contribution in [2.75, 3.05) is 7.11 Å². The monoisotopic (exact) mass is 570 g/mol. The van der Waals surface area contributed by atoms with E-state index in [2.05, 4.69) is 20.2 Å². The Labute approximate surface area is 245 Å². The summed E-state index contributed by atoms with van der Waals surface area (Å²) in [5.41, 5.74) is 4.51. The number of hydrogen-bond acceptors (Lipinski definition) is 5. The van der Waals surface area contributed by atoms with Crippen LogP contribution in [0.25, 0.3) is 16.9 Å². The van der Waals surface area contributed by atoms with Crippen molar-refractivity contribution in [3.05, 3.63) is 77.5 Å². The molecule has 2 aromatic carbocycles. The molecule has 0 aliphatic heterocycles. The number of hydrogen-bond donors (Lipinski definition) is 0. The standard InChI is InChI=1S/C32H35ClN6O2/c1-20-15-37(19-34-20)29-8-5-24(14-30(29)41-2)28-17-38(36-35-28)18-31(40)39(16-21-3-6-27(33)7-4-21)32-25-10-22-9-23(12-25)13-26(32)11-22/h3-8,14-15,17,19,22-23,25-26,32H,9-13,16,18H2,1-2H3. The minimum absolute atomic E-state index is 0.0947. The maximum Gasteiger partial charge on any atom is 0.244 e. The lowest BCUT2D eigenvalue weighted by Crippen LogP contribution is -2.57. The fourth-order valence-electron chi connectivity index (χ4n) is 7.89. The van der Waals surface area contributed by atoms with Gasteiger partial charge in [0.2, 0.25) is 5.91 Å². The van der Waals surface area contributed by atoms with E-state index in [-0.39, 0.29) is 18.5 Å². The molecular formula is C32H35ClN6O2. The number of rotatable bonds is 8. The van der Waals surface area contributed by atoms with Crippen LogP contribution in [-0.2, 0) is 17.9 Å². The van der Waals surface area contributed by atoms with Crippen LogP contribution in [0, 0.1) is 30.6 Å².